The Kier molecular flexibility index (Phi) is 3.08. The van der Waals surface area contributed by atoms with Crippen LogP contribution >= 0.6 is 22.9 Å². The van der Waals surface area contributed by atoms with E-state index in [0.717, 1.165) is 21.7 Å². The summed E-state index contributed by atoms with van der Waals surface area (Å²) in [6.07, 6.45) is 1.75. The Hall–Kier alpha value is -1.72. The Labute approximate surface area is 112 Å². The van der Waals surface area contributed by atoms with Crippen LogP contribution in [0.3, 0.4) is 0 Å². The summed E-state index contributed by atoms with van der Waals surface area (Å²) >= 11 is 7.02. The number of halogens is 1. The molecule has 4 nitrogen and oxygen atoms in total. The summed E-state index contributed by atoms with van der Waals surface area (Å²) in [5, 5.41) is 9.42. The van der Waals surface area contributed by atoms with Gasteiger partial charge in [0.2, 0.25) is 4.47 Å². The van der Waals surface area contributed by atoms with Gasteiger partial charge < -0.3 is 4.74 Å². The van der Waals surface area contributed by atoms with Crippen LogP contribution in [0.2, 0.25) is 4.47 Å². The Bertz CT molecular complexity index is 680. The topological polar surface area (TPSA) is 47.9 Å². The number of hydrogen-bond acceptors (Lipinski definition) is 5. The molecule has 0 radical (unpaired) electrons. The third-order valence-electron chi connectivity index (χ3n) is 2.39. The smallest absolute Gasteiger partial charge is 0.207 e. The molecule has 3 aromatic rings. The lowest BCUT2D eigenvalue weighted by Crippen LogP contribution is -1.96. The van der Waals surface area contributed by atoms with Gasteiger partial charge in [0.1, 0.15) is 17.9 Å². The van der Waals surface area contributed by atoms with Crippen LogP contribution in [-0.2, 0) is 6.61 Å². The third kappa shape index (κ3) is 2.27. The Morgan fingerprint density at radius 2 is 2.06 bits per heavy atom. The molecule has 18 heavy (non-hydrogen) atoms. The van der Waals surface area contributed by atoms with Crippen LogP contribution in [0.4, 0.5) is 0 Å². The molecule has 0 aliphatic carbocycles. The minimum atomic E-state index is 0.347. The zero-order valence-electron chi connectivity index (χ0n) is 9.21. The monoisotopic (exact) mass is 277 g/mol. The first kappa shape index (κ1) is 11.4. The van der Waals surface area contributed by atoms with Gasteiger partial charge in [0.05, 0.1) is 0 Å². The first-order chi connectivity index (χ1) is 8.83. The number of benzene rings is 1. The summed E-state index contributed by atoms with van der Waals surface area (Å²) < 4.78 is 6.13. The molecular weight excluding hydrogens is 270 g/mol. The van der Waals surface area contributed by atoms with Crippen molar-refractivity contribution in [3.8, 4) is 5.75 Å². The van der Waals surface area contributed by atoms with E-state index in [4.69, 9.17) is 16.3 Å². The van der Waals surface area contributed by atoms with Crippen LogP contribution in [0, 0.1) is 0 Å². The summed E-state index contributed by atoms with van der Waals surface area (Å²) in [6, 6.07) is 9.72. The highest BCUT2D eigenvalue weighted by molar-refractivity contribution is 7.15. The van der Waals surface area contributed by atoms with E-state index < -0.39 is 0 Å². The number of para-hydroxylation sites is 1. The summed E-state index contributed by atoms with van der Waals surface area (Å²) in [7, 11) is 0. The first-order valence-corrected chi connectivity index (χ1v) is 6.47. The minimum absolute atomic E-state index is 0.347. The molecule has 2 aromatic heterocycles. The molecule has 0 saturated carbocycles. The number of nitrogens with zero attached hydrogens (tertiary/aromatic N) is 3. The zero-order valence-corrected chi connectivity index (χ0v) is 10.8. The Morgan fingerprint density at radius 1 is 1.17 bits per heavy atom. The van der Waals surface area contributed by atoms with E-state index in [9.17, 15) is 0 Å². The second kappa shape index (κ2) is 4.88. The lowest BCUT2D eigenvalue weighted by Gasteiger charge is -2.06. The molecule has 0 aliphatic heterocycles. The van der Waals surface area contributed by atoms with Crippen LogP contribution in [-0.4, -0.2) is 15.2 Å². The molecule has 1 aromatic carbocycles. The molecule has 2 heterocycles. The van der Waals surface area contributed by atoms with Gasteiger partial charge in [-0.3, -0.25) is 4.98 Å². The maximum atomic E-state index is 5.71. The fraction of sp³-hybridized carbons (Fsp3) is 0.0833. The van der Waals surface area contributed by atoms with Gasteiger partial charge in [0.25, 0.3) is 0 Å². The molecule has 0 unspecified atom stereocenters. The van der Waals surface area contributed by atoms with Crippen LogP contribution in [0.15, 0.2) is 36.5 Å². The highest BCUT2D eigenvalue weighted by Gasteiger charge is 2.06. The van der Waals surface area contributed by atoms with E-state index in [1.807, 2.05) is 30.3 Å². The number of pyridine rings is 1. The molecular formula is C12H8ClN3OS. The molecule has 0 fully saturated rings. The average molecular weight is 278 g/mol. The highest BCUT2D eigenvalue weighted by Crippen LogP contribution is 2.24. The quantitative estimate of drug-likeness (QED) is 0.737. The zero-order chi connectivity index (χ0) is 12.4. The number of ether oxygens (including phenoxy) is 1. The van der Waals surface area contributed by atoms with Crippen LogP contribution < -0.4 is 4.74 Å². The summed E-state index contributed by atoms with van der Waals surface area (Å²) in [4.78, 5) is 4.31. The van der Waals surface area contributed by atoms with Crippen LogP contribution in [0.25, 0.3) is 10.9 Å². The SMILES string of the molecule is Clc1nnc(COc2cccc3cccnc23)s1. The number of aromatic nitrogens is 3. The van der Waals surface area contributed by atoms with E-state index in [1.54, 1.807) is 6.20 Å². The van der Waals surface area contributed by atoms with Crippen molar-refractivity contribution < 1.29 is 4.74 Å². The van der Waals surface area contributed by atoms with Crippen molar-refractivity contribution in [2.24, 2.45) is 0 Å². The van der Waals surface area contributed by atoms with Gasteiger partial charge in [0.15, 0.2) is 5.01 Å². The molecule has 0 bridgehead atoms. The summed E-state index contributed by atoms with van der Waals surface area (Å²) in [6.45, 7) is 0.347. The van der Waals surface area contributed by atoms with Crippen molar-refractivity contribution in [3.05, 3.63) is 46.0 Å². The number of fused-ring (bicyclic) bond motifs is 1. The average Bonchev–Trinajstić information content (AvgIpc) is 2.82. The normalized spacial score (nSPS) is 10.7. The molecule has 0 aliphatic rings. The van der Waals surface area contributed by atoms with Gasteiger partial charge in [-0.15, -0.1) is 10.2 Å². The number of hydrogen-bond donors (Lipinski definition) is 0. The molecule has 0 spiro atoms. The second-order valence-electron chi connectivity index (χ2n) is 3.57. The highest BCUT2D eigenvalue weighted by atomic mass is 35.5. The second-order valence-corrected chi connectivity index (χ2v) is 5.21. The van der Waals surface area contributed by atoms with Gasteiger partial charge in [-0.2, -0.15) is 0 Å². The third-order valence-corrected chi connectivity index (χ3v) is 3.38. The maximum Gasteiger partial charge on any atom is 0.207 e. The van der Waals surface area contributed by atoms with E-state index in [2.05, 4.69) is 15.2 Å². The van der Waals surface area contributed by atoms with E-state index in [-0.39, 0.29) is 0 Å². The van der Waals surface area contributed by atoms with Crippen molar-refractivity contribution in [1.29, 1.82) is 0 Å². The largest absolute Gasteiger partial charge is 0.484 e. The lowest BCUT2D eigenvalue weighted by atomic mass is 10.2. The minimum Gasteiger partial charge on any atom is -0.484 e. The van der Waals surface area contributed by atoms with Crippen LogP contribution in [0.5, 0.6) is 5.75 Å². The lowest BCUT2D eigenvalue weighted by molar-refractivity contribution is 0.307. The predicted octanol–water partition coefficient (Wildman–Crippen LogP) is 3.32. The predicted molar refractivity (Wildman–Crippen MR) is 71.0 cm³/mol. The van der Waals surface area contributed by atoms with Crippen molar-refractivity contribution in [2.75, 3.05) is 0 Å². The molecule has 0 N–H and O–H groups in total. The molecule has 0 saturated heterocycles. The van der Waals surface area contributed by atoms with Gasteiger partial charge in [-0.05, 0) is 23.7 Å². The summed E-state index contributed by atoms with van der Waals surface area (Å²) in [5.41, 5.74) is 0.843. The molecule has 90 valence electrons. The van der Waals surface area contributed by atoms with Gasteiger partial charge in [0, 0.05) is 11.6 Å². The van der Waals surface area contributed by atoms with Gasteiger partial charge >= 0.3 is 0 Å². The van der Waals surface area contributed by atoms with Gasteiger partial charge in [-0.1, -0.05) is 29.5 Å². The summed E-state index contributed by atoms with van der Waals surface area (Å²) in [5.74, 6) is 0.736. The molecule has 6 heteroatoms. The van der Waals surface area contributed by atoms with Crippen molar-refractivity contribution in [1.82, 2.24) is 15.2 Å². The fourth-order valence-corrected chi connectivity index (χ4v) is 2.40. The van der Waals surface area contributed by atoms with E-state index in [0.29, 0.717) is 11.1 Å². The molecule has 3 rings (SSSR count). The first-order valence-electron chi connectivity index (χ1n) is 5.27. The van der Waals surface area contributed by atoms with Crippen molar-refractivity contribution in [2.45, 2.75) is 6.61 Å². The van der Waals surface area contributed by atoms with E-state index in [1.165, 1.54) is 11.3 Å². The van der Waals surface area contributed by atoms with Crippen LogP contribution in [0.1, 0.15) is 5.01 Å². The number of rotatable bonds is 3. The molecule has 0 atom stereocenters. The fourth-order valence-electron chi connectivity index (χ4n) is 1.62. The Balaban J connectivity index is 1.86. The Morgan fingerprint density at radius 3 is 2.89 bits per heavy atom. The van der Waals surface area contributed by atoms with E-state index >= 15 is 0 Å². The van der Waals surface area contributed by atoms with Crippen molar-refractivity contribution in [3.63, 3.8) is 0 Å². The standard InChI is InChI=1S/C12H8ClN3OS/c13-12-16-15-10(18-12)7-17-9-5-1-3-8-4-2-6-14-11(8)9/h1-6H,7H2. The van der Waals surface area contributed by atoms with Gasteiger partial charge in [-0.25, -0.2) is 0 Å². The maximum absolute atomic E-state index is 5.71. The van der Waals surface area contributed by atoms with Crippen molar-refractivity contribution >= 4 is 33.8 Å². The molecule has 0 amide bonds.